The van der Waals surface area contributed by atoms with Crippen LogP contribution in [-0.2, 0) is 9.59 Å². The topological polar surface area (TPSA) is 75.6 Å². The van der Waals surface area contributed by atoms with Gasteiger partial charge in [-0.25, -0.2) is 4.79 Å². The molecule has 0 aliphatic carbocycles. The fourth-order valence-corrected chi connectivity index (χ4v) is 1.97. The molecule has 0 saturated heterocycles. The molecule has 0 bridgehead atoms. The molecule has 1 amide bonds. The Hall–Kier alpha value is -1.46. The van der Waals surface area contributed by atoms with Crippen molar-refractivity contribution in [2.75, 3.05) is 6.61 Å². The van der Waals surface area contributed by atoms with Gasteiger partial charge in [0.15, 0.2) is 6.61 Å². The second-order valence-electron chi connectivity index (χ2n) is 4.46. The molecule has 0 spiro atoms. The van der Waals surface area contributed by atoms with Crippen LogP contribution in [0.15, 0.2) is 18.2 Å². The molecule has 0 aromatic heterocycles. The average molecular weight is 334 g/mol. The number of carbonyl (C=O) groups excluding carboxylic acids is 1. The van der Waals surface area contributed by atoms with Crippen LogP contribution in [0.4, 0.5) is 0 Å². The van der Waals surface area contributed by atoms with Crippen molar-refractivity contribution in [1.29, 1.82) is 0 Å². The van der Waals surface area contributed by atoms with Crippen molar-refractivity contribution in [1.82, 2.24) is 5.32 Å². The third-order valence-electron chi connectivity index (χ3n) is 2.73. The predicted octanol–water partition coefficient (Wildman–Crippen LogP) is 3.13. The smallest absolute Gasteiger partial charge is 0.326 e. The van der Waals surface area contributed by atoms with E-state index in [1.165, 1.54) is 6.07 Å². The molecule has 21 heavy (non-hydrogen) atoms. The summed E-state index contributed by atoms with van der Waals surface area (Å²) in [4.78, 5) is 22.7. The van der Waals surface area contributed by atoms with Crippen LogP contribution in [0.25, 0.3) is 0 Å². The maximum absolute atomic E-state index is 11.7. The van der Waals surface area contributed by atoms with E-state index in [1.54, 1.807) is 12.1 Å². The van der Waals surface area contributed by atoms with E-state index in [0.717, 1.165) is 12.8 Å². The molecule has 0 aliphatic heterocycles. The number of amides is 1. The molecule has 0 fully saturated rings. The van der Waals surface area contributed by atoms with Gasteiger partial charge in [0.05, 0.1) is 5.02 Å². The number of halogens is 2. The first-order valence-electron chi connectivity index (χ1n) is 6.54. The number of rotatable bonds is 8. The van der Waals surface area contributed by atoms with E-state index < -0.39 is 17.9 Å². The van der Waals surface area contributed by atoms with Crippen LogP contribution in [0.1, 0.15) is 26.2 Å². The van der Waals surface area contributed by atoms with Gasteiger partial charge in [-0.2, -0.15) is 0 Å². The summed E-state index contributed by atoms with van der Waals surface area (Å²) in [6, 6.07) is 3.74. The molecule has 1 aromatic carbocycles. The fraction of sp³-hybridized carbons (Fsp3) is 0.429. The van der Waals surface area contributed by atoms with Gasteiger partial charge < -0.3 is 15.2 Å². The van der Waals surface area contributed by atoms with Crippen LogP contribution < -0.4 is 10.1 Å². The summed E-state index contributed by atoms with van der Waals surface area (Å²) in [6.45, 7) is 1.63. The van der Waals surface area contributed by atoms with Gasteiger partial charge >= 0.3 is 5.97 Å². The number of carboxylic acid groups (broad SMARTS) is 1. The lowest BCUT2D eigenvalue weighted by molar-refractivity contribution is -0.142. The van der Waals surface area contributed by atoms with Crippen molar-refractivity contribution in [3.8, 4) is 5.75 Å². The predicted molar refractivity (Wildman–Crippen MR) is 81.0 cm³/mol. The lowest BCUT2D eigenvalue weighted by Crippen LogP contribution is -2.42. The largest absolute Gasteiger partial charge is 0.482 e. The Morgan fingerprint density at radius 2 is 2.10 bits per heavy atom. The zero-order chi connectivity index (χ0) is 15.8. The van der Waals surface area contributed by atoms with Crippen molar-refractivity contribution >= 4 is 35.1 Å². The Bertz CT molecular complexity index is 508. The Kier molecular flexibility index (Phi) is 7.32. The molecular formula is C14H17Cl2NO4. The highest BCUT2D eigenvalue weighted by Crippen LogP contribution is 2.27. The summed E-state index contributed by atoms with van der Waals surface area (Å²) in [5.74, 6) is -1.30. The van der Waals surface area contributed by atoms with E-state index >= 15 is 0 Å². The van der Waals surface area contributed by atoms with Crippen LogP contribution in [0.5, 0.6) is 5.75 Å². The van der Waals surface area contributed by atoms with Crippen molar-refractivity contribution < 1.29 is 19.4 Å². The average Bonchev–Trinajstić information content (AvgIpc) is 2.44. The Labute approximate surface area is 133 Å². The molecule has 2 N–H and O–H groups in total. The van der Waals surface area contributed by atoms with Crippen molar-refractivity contribution in [3.63, 3.8) is 0 Å². The second kappa shape index (κ2) is 8.74. The van der Waals surface area contributed by atoms with Gasteiger partial charge in [-0.3, -0.25) is 4.79 Å². The zero-order valence-corrected chi connectivity index (χ0v) is 13.1. The first-order valence-corrected chi connectivity index (χ1v) is 7.29. The lowest BCUT2D eigenvalue weighted by atomic mass is 10.1. The van der Waals surface area contributed by atoms with E-state index in [2.05, 4.69) is 5.32 Å². The first kappa shape index (κ1) is 17.6. The molecule has 0 radical (unpaired) electrons. The molecule has 0 unspecified atom stereocenters. The molecule has 116 valence electrons. The molecule has 0 aliphatic rings. The third kappa shape index (κ3) is 6.23. The maximum Gasteiger partial charge on any atom is 0.326 e. The molecular weight excluding hydrogens is 317 g/mol. The van der Waals surface area contributed by atoms with Gasteiger partial charge in [0.1, 0.15) is 11.8 Å². The number of nitrogens with one attached hydrogen (secondary N) is 1. The number of aliphatic carboxylic acids is 1. The summed E-state index contributed by atoms with van der Waals surface area (Å²) >= 11 is 11.7. The molecule has 7 heteroatoms. The summed E-state index contributed by atoms with van der Waals surface area (Å²) in [5, 5.41) is 12.2. The minimum Gasteiger partial charge on any atom is -0.482 e. The molecule has 1 atom stereocenters. The SMILES string of the molecule is CCCC[C@H](NC(=O)COc1cc(Cl)ccc1Cl)C(=O)O. The molecule has 0 saturated carbocycles. The van der Waals surface area contributed by atoms with E-state index in [4.69, 9.17) is 33.0 Å². The van der Waals surface area contributed by atoms with E-state index in [9.17, 15) is 9.59 Å². The van der Waals surface area contributed by atoms with Crippen molar-refractivity contribution in [2.24, 2.45) is 0 Å². The van der Waals surface area contributed by atoms with Gasteiger partial charge in [0.25, 0.3) is 5.91 Å². The minimum atomic E-state index is -1.06. The molecule has 0 heterocycles. The van der Waals surface area contributed by atoms with Gasteiger partial charge in [0, 0.05) is 11.1 Å². The Morgan fingerprint density at radius 1 is 1.38 bits per heavy atom. The number of carboxylic acids is 1. The van der Waals surface area contributed by atoms with Crippen molar-refractivity contribution in [3.05, 3.63) is 28.2 Å². The normalized spacial score (nSPS) is 11.8. The Morgan fingerprint density at radius 3 is 2.71 bits per heavy atom. The number of hydrogen-bond donors (Lipinski definition) is 2. The van der Waals surface area contributed by atoms with Gasteiger partial charge in [-0.1, -0.05) is 43.0 Å². The monoisotopic (exact) mass is 333 g/mol. The summed E-state index contributed by atoms with van der Waals surface area (Å²) in [6.07, 6.45) is 1.96. The highest BCUT2D eigenvalue weighted by Gasteiger charge is 2.19. The summed E-state index contributed by atoms with van der Waals surface area (Å²) < 4.78 is 5.24. The number of ether oxygens (including phenoxy) is 1. The van der Waals surface area contributed by atoms with E-state index in [-0.39, 0.29) is 12.4 Å². The second-order valence-corrected chi connectivity index (χ2v) is 5.31. The minimum absolute atomic E-state index is 0.278. The van der Waals surface area contributed by atoms with Crippen LogP contribution in [0, 0.1) is 0 Å². The van der Waals surface area contributed by atoms with Crippen LogP contribution >= 0.6 is 23.2 Å². The van der Waals surface area contributed by atoms with E-state index in [1.807, 2.05) is 6.92 Å². The van der Waals surface area contributed by atoms with Crippen molar-refractivity contribution in [2.45, 2.75) is 32.2 Å². The number of unbranched alkanes of at least 4 members (excludes halogenated alkanes) is 1. The molecule has 5 nitrogen and oxygen atoms in total. The third-order valence-corrected chi connectivity index (χ3v) is 3.28. The van der Waals surface area contributed by atoms with Gasteiger partial charge in [-0.15, -0.1) is 0 Å². The lowest BCUT2D eigenvalue weighted by Gasteiger charge is -2.14. The van der Waals surface area contributed by atoms with Crippen LogP contribution in [0.2, 0.25) is 10.0 Å². The highest BCUT2D eigenvalue weighted by molar-refractivity contribution is 6.34. The first-order chi connectivity index (χ1) is 9.93. The van der Waals surface area contributed by atoms with E-state index in [0.29, 0.717) is 16.5 Å². The standard InChI is InChI=1S/C14H17Cl2NO4/c1-2-3-4-11(14(19)20)17-13(18)8-21-12-7-9(15)5-6-10(12)16/h5-7,11H,2-4,8H2,1H3,(H,17,18)(H,19,20)/t11-/m0/s1. The van der Waals surface area contributed by atoms with Gasteiger partial charge in [-0.05, 0) is 18.6 Å². The summed E-state index contributed by atoms with van der Waals surface area (Å²) in [7, 11) is 0. The number of carbonyl (C=O) groups is 2. The van der Waals surface area contributed by atoms with Crippen LogP contribution in [-0.4, -0.2) is 29.6 Å². The summed E-state index contributed by atoms with van der Waals surface area (Å²) in [5.41, 5.74) is 0. The van der Waals surface area contributed by atoms with Gasteiger partial charge in [0.2, 0.25) is 0 Å². The Balaban J connectivity index is 2.52. The highest BCUT2D eigenvalue weighted by atomic mass is 35.5. The molecule has 1 aromatic rings. The fourth-order valence-electron chi connectivity index (χ4n) is 1.63. The zero-order valence-electron chi connectivity index (χ0n) is 11.6. The number of hydrogen-bond acceptors (Lipinski definition) is 3. The van der Waals surface area contributed by atoms with Crippen LogP contribution in [0.3, 0.4) is 0 Å². The quantitative estimate of drug-likeness (QED) is 0.766. The maximum atomic E-state index is 11.7. The molecule has 1 rings (SSSR count). The number of benzene rings is 1.